The lowest BCUT2D eigenvalue weighted by molar-refractivity contribution is 0.0925. The second-order valence-electron chi connectivity index (χ2n) is 5.43. The van der Waals surface area contributed by atoms with Crippen molar-refractivity contribution in [2.24, 2.45) is 5.92 Å². The molecular weight excluding hydrogens is 284 g/mol. The van der Waals surface area contributed by atoms with Crippen LogP contribution in [-0.4, -0.2) is 10.9 Å². The first-order chi connectivity index (χ1) is 9.97. The van der Waals surface area contributed by atoms with E-state index >= 15 is 0 Å². The molecule has 1 N–H and O–H groups in total. The third kappa shape index (κ3) is 4.05. The fraction of sp³-hybridized carbons (Fsp3) is 0.294. The summed E-state index contributed by atoms with van der Waals surface area (Å²) in [7, 11) is 0. The highest BCUT2D eigenvalue weighted by Crippen LogP contribution is 2.22. The number of benzene rings is 1. The van der Waals surface area contributed by atoms with Gasteiger partial charge in [-0.3, -0.25) is 4.79 Å². The first-order valence-corrected chi connectivity index (χ1v) is 7.35. The van der Waals surface area contributed by atoms with E-state index in [2.05, 4.69) is 24.1 Å². The van der Waals surface area contributed by atoms with Gasteiger partial charge in [0.15, 0.2) is 0 Å². The van der Waals surface area contributed by atoms with E-state index in [0.29, 0.717) is 10.7 Å². The molecule has 0 bridgehead atoms. The summed E-state index contributed by atoms with van der Waals surface area (Å²) in [6, 6.07) is 13.3. The minimum absolute atomic E-state index is 0.0362. The lowest BCUT2D eigenvalue weighted by Crippen LogP contribution is -2.31. The summed E-state index contributed by atoms with van der Waals surface area (Å²) in [5, 5.41) is 3.41. The molecule has 0 radical (unpaired) electrons. The second-order valence-corrected chi connectivity index (χ2v) is 5.81. The molecule has 0 saturated carbocycles. The maximum absolute atomic E-state index is 12.4. The van der Waals surface area contributed by atoms with Crippen molar-refractivity contribution < 1.29 is 4.79 Å². The molecule has 1 aromatic heterocycles. The van der Waals surface area contributed by atoms with Gasteiger partial charge in [0.2, 0.25) is 0 Å². The van der Waals surface area contributed by atoms with Crippen LogP contribution in [0, 0.1) is 12.8 Å². The van der Waals surface area contributed by atoms with Crippen LogP contribution in [0.25, 0.3) is 0 Å². The highest BCUT2D eigenvalue weighted by atomic mass is 35.5. The van der Waals surface area contributed by atoms with Crippen LogP contribution >= 0.6 is 11.6 Å². The standard InChI is InChI=1S/C17H19ClN2O/c1-11(2)16(13-7-5-4-6-8-13)20-17(21)14-9-12(3)19-15(18)10-14/h4-11,16H,1-3H3,(H,20,21). The molecule has 1 heterocycles. The van der Waals surface area contributed by atoms with Crippen molar-refractivity contribution >= 4 is 17.5 Å². The van der Waals surface area contributed by atoms with E-state index in [9.17, 15) is 4.79 Å². The van der Waals surface area contributed by atoms with E-state index in [4.69, 9.17) is 11.6 Å². The van der Waals surface area contributed by atoms with E-state index in [0.717, 1.165) is 11.3 Å². The van der Waals surface area contributed by atoms with Gasteiger partial charge >= 0.3 is 0 Å². The number of nitrogens with zero attached hydrogens (tertiary/aromatic N) is 1. The van der Waals surface area contributed by atoms with E-state index < -0.39 is 0 Å². The lowest BCUT2D eigenvalue weighted by atomic mass is 9.95. The fourth-order valence-electron chi connectivity index (χ4n) is 2.28. The largest absolute Gasteiger partial charge is 0.345 e. The number of aryl methyl sites for hydroxylation is 1. The molecular formula is C17H19ClN2O. The van der Waals surface area contributed by atoms with Crippen LogP contribution < -0.4 is 5.32 Å². The van der Waals surface area contributed by atoms with Gasteiger partial charge in [-0.05, 0) is 30.5 Å². The van der Waals surface area contributed by atoms with Gasteiger partial charge in [0.1, 0.15) is 5.15 Å². The Hall–Kier alpha value is -1.87. The minimum Gasteiger partial charge on any atom is -0.345 e. The number of carbonyl (C=O) groups is 1. The molecule has 1 aromatic carbocycles. The summed E-state index contributed by atoms with van der Waals surface area (Å²) in [5.41, 5.74) is 2.36. The average Bonchev–Trinajstić information content (AvgIpc) is 2.44. The van der Waals surface area contributed by atoms with Crippen LogP contribution in [0.15, 0.2) is 42.5 Å². The molecule has 0 aliphatic heterocycles. The van der Waals surface area contributed by atoms with Crippen molar-refractivity contribution in [3.05, 3.63) is 64.4 Å². The molecule has 110 valence electrons. The van der Waals surface area contributed by atoms with Gasteiger partial charge in [-0.2, -0.15) is 0 Å². The second kappa shape index (κ2) is 6.72. The molecule has 2 rings (SSSR count). The quantitative estimate of drug-likeness (QED) is 0.861. The Morgan fingerprint density at radius 1 is 1.19 bits per heavy atom. The molecule has 0 aliphatic carbocycles. The molecule has 21 heavy (non-hydrogen) atoms. The minimum atomic E-state index is -0.134. The van der Waals surface area contributed by atoms with Crippen LogP contribution in [0.3, 0.4) is 0 Å². The summed E-state index contributed by atoms with van der Waals surface area (Å²) in [5.74, 6) is 0.153. The Balaban J connectivity index is 2.23. The Kier molecular flexibility index (Phi) is 4.97. The van der Waals surface area contributed by atoms with E-state index in [1.807, 2.05) is 37.3 Å². The van der Waals surface area contributed by atoms with Gasteiger partial charge in [0.05, 0.1) is 6.04 Å². The number of rotatable bonds is 4. The SMILES string of the molecule is Cc1cc(C(=O)NC(c2ccccc2)C(C)C)cc(Cl)n1. The number of hydrogen-bond donors (Lipinski definition) is 1. The normalized spacial score (nSPS) is 12.2. The predicted molar refractivity (Wildman–Crippen MR) is 85.5 cm³/mol. The number of pyridine rings is 1. The Morgan fingerprint density at radius 2 is 1.86 bits per heavy atom. The predicted octanol–water partition coefficient (Wildman–Crippen LogP) is 4.17. The molecule has 0 spiro atoms. The molecule has 3 nitrogen and oxygen atoms in total. The molecule has 1 atom stereocenters. The highest BCUT2D eigenvalue weighted by Gasteiger charge is 2.19. The molecule has 1 unspecified atom stereocenters. The van der Waals surface area contributed by atoms with Crippen LogP contribution in [0.4, 0.5) is 0 Å². The molecule has 2 aromatic rings. The third-order valence-electron chi connectivity index (χ3n) is 3.30. The van der Waals surface area contributed by atoms with Gasteiger partial charge in [0.25, 0.3) is 5.91 Å². The Labute approximate surface area is 130 Å². The topological polar surface area (TPSA) is 42.0 Å². The van der Waals surface area contributed by atoms with Gasteiger partial charge in [-0.1, -0.05) is 55.8 Å². The van der Waals surface area contributed by atoms with Crippen LogP contribution in [0.5, 0.6) is 0 Å². The number of amides is 1. The summed E-state index contributed by atoms with van der Waals surface area (Å²) in [6.07, 6.45) is 0. The summed E-state index contributed by atoms with van der Waals surface area (Å²) >= 11 is 5.92. The Bertz CT molecular complexity index is 606. The van der Waals surface area contributed by atoms with Crippen molar-refractivity contribution in [3.8, 4) is 0 Å². The molecule has 0 fully saturated rings. The average molecular weight is 303 g/mol. The van der Waals surface area contributed by atoms with Crippen molar-refractivity contribution in [3.63, 3.8) is 0 Å². The maximum atomic E-state index is 12.4. The number of aromatic nitrogens is 1. The van der Waals surface area contributed by atoms with E-state index in [1.165, 1.54) is 0 Å². The number of nitrogens with one attached hydrogen (secondary N) is 1. The Morgan fingerprint density at radius 3 is 2.43 bits per heavy atom. The molecule has 0 aliphatic rings. The lowest BCUT2D eigenvalue weighted by Gasteiger charge is -2.23. The summed E-state index contributed by atoms with van der Waals surface area (Å²) < 4.78 is 0. The van der Waals surface area contributed by atoms with Gasteiger partial charge in [0, 0.05) is 11.3 Å². The zero-order valence-corrected chi connectivity index (χ0v) is 13.2. The number of hydrogen-bond acceptors (Lipinski definition) is 2. The van der Waals surface area contributed by atoms with Crippen molar-refractivity contribution in [1.29, 1.82) is 0 Å². The number of carbonyl (C=O) groups excluding carboxylic acids is 1. The zero-order chi connectivity index (χ0) is 15.4. The van der Waals surface area contributed by atoms with Gasteiger partial charge in [-0.15, -0.1) is 0 Å². The monoisotopic (exact) mass is 302 g/mol. The third-order valence-corrected chi connectivity index (χ3v) is 3.49. The summed E-state index contributed by atoms with van der Waals surface area (Å²) in [4.78, 5) is 16.5. The van der Waals surface area contributed by atoms with Crippen LogP contribution in [-0.2, 0) is 0 Å². The smallest absolute Gasteiger partial charge is 0.251 e. The van der Waals surface area contributed by atoms with E-state index in [-0.39, 0.29) is 17.9 Å². The van der Waals surface area contributed by atoms with Crippen molar-refractivity contribution in [2.45, 2.75) is 26.8 Å². The molecule has 4 heteroatoms. The van der Waals surface area contributed by atoms with Gasteiger partial charge < -0.3 is 5.32 Å². The first kappa shape index (κ1) is 15.5. The summed E-state index contributed by atoms with van der Waals surface area (Å²) in [6.45, 7) is 5.99. The van der Waals surface area contributed by atoms with Crippen LogP contribution in [0.2, 0.25) is 5.15 Å². The van der Waals surface area contributed by atoms with Crippen molar-refractivity contribution in [1.82, 2.24) is 10.3 Å². The molecule has 0 saturated heterocycles. The van der Waals surface area contributed by atoms with Crippen LogP contribution in [0.1, 0.15) is 41.5 Å². The number of halogens is 1. The van der Waals surface area contributed by atoms with E-state index in [1.54, 1.807) is 12.1 Å². The zero-order valence-electron chi connectivity index (χ0n) is 12.4. The van der Waals surface area contributed by atoms with Crippen molar-refractivity contribution in [2.75, 3.05) is 0 Å². The maximum Gasteiger partial charge on any atom is 0.251 e. The molecule has 1 amide bonds. The first-order valence-electron chi connectivity index (χ1n) is 6.97. The fourth-order valence-corrected chi connectivity index (χ4v) is 2.53. The van der Waals surface area contributed by atoms with Gasteiger partial charge in [-0.25, -0.2) is 4.98 Å². The highest BCUT2D eigenvalue weighted by molar-refractivity contribution is 6.29.